The molecule has 1 radical (unpaired) electrons. The molecule has 0 spiro atoms. The molecule has 0 amide bonds. The first-order chi connectivity index (χ1) is 6.24. The van der Waals surface area contributed by atoms with Crippen LogP contribution in [0.25, 0.3) is 0 Å². The monoisotopic (exact) mass is 175 g/mol. The van der Waals surface area contributed by atoms with Crippen molar-refractivity contribution in [2.24, 2.45) is 0 Å². The van der Waals surface area contributed by atoms with Crippen LogP contribution in [-0.2, 0) is 0 Å². The Morgan fingerprint density at radius 2 is 2.00 bits per heavy atom. The molecule has 69 valence electrons. The van der Waals surface area contributed by atoms with Crippen molar-refractivity contribution in [1.29, 1.82) is 0 Å². The number of hydrogen-bond donors (Lipinski definition) is 0. The van der Waals surface area contributed by atoms with Crippen LogP contribution in [0.3, 0.4) is 0 Å². The molecule has 1 heteroatoms. The lowest BCUT2D eigenvalue weighted by Crippen LogP contribution is -1.93. The zero-order chi connectivity index (χ0) is 10.3. The number of benzene rings is 1. The summed E-state index contributed by atoms with van der Waals surface area (Å²) in [5, 5.41) is 0. The van der Waals surface area contributed by atoms with E-state index < -0.39 is 0 Å². The van der Waals surface area contributed by atoms with Crippen molar-refractivity contribution in [1.82, 2.24) is 0 Å². The molecule has 13 heavy (non-hydrogen) atoms. The summed E-state index contributed by atoms with van der Waals surface area (Å²) in [6.45, 7) is 8.57. The summed E-state index contributed by atoms with van der Waals surface area (Å²) < 4.78 is 5.35. The molecule has 1 aromatic carbocycles. The van der Waals surface area contributed by atoms with Gasteiger partial charge in [0.15, 0.2) is 0 Å². The van der Waals surface area contributed by atoms with Crippen LogP contribution >= 0.6 is 0 Å². The van der Waals surface area contributed by atoms with Gasteiger partial charge in [-0.2, -0.15) is 0 Å². The fourth-order valence-electron chi connectivity index (χ4n) is 0.952. The minimum atomic E-state index is 0.700. The van der Waals surface area contributed by atoms with E-state index in [4.69, 9.17) is 4.74 Å². The van der Waals surface area contributed by atoms with Crippen LogP contribution in [0.4, 0.5) is 0 Å². The Morgan fingerprint density at radius 1 is 1.38 bits per heavy atom. The summed E-state index contributed by atoms with van der Waals surface area (Å²) in [6.07, 6.45) is 8.00. The Kier molecular flexibility index (Phi) is 5.47. The van der Waals surface area contributed by atoms with E-state index >= 15 is 0 Å². The van der Waals surface area contributed by atoms with E-state index in [1.165, 1.54) is 5.56 Å². The lowest BCUT2D eigenvalue weighted by molar-refractivity contribution is 0.338. The van der Waals surface area contributed by atoms with Crippen molar-refractivity contribution in [3.63, 3.8) is 0 Å². The Labute approximate surface area is 80.7 Å². The molecule has 0 N–H and O–H groups in total. The van der Waals surface area contributed by atoms with Gasteiger partial charge in [0.1, 0.15) is 5.75 Å². The third-order valence-electron chi connectivity index (χ3n) is 1.52. The summed E-state index contributed by atoms with van der Waals surface area (Å²) in [4.78, 5) is 0. The van der Waals surface area contributed by atoms with Gasteiger partial charge in [0.05, 0.1) is 6.61 Å². The van der Waals surface area contributed by atoms with Gasteiger partial charge in [0, 0.05) is 0 Å². The second kappa shape index (κ2) is 6.14. The number of terminal acetylenes is 1. The highest BCUT2D eigenvalue weighted by molar-refractivity contribution is 5.38. The van der Waals surface area contributed by atoms with Gasteiger partial charge in [-0.25, -0.2) is 0 Å². The average Bonchev–Trinajstić information content (AvgIpc) is 2.15. The molecule has 0 aliphatic heterocycles. The van der Waals surface area contributed by atoms with Crippen molar-refractivity contribution in [2.45, 2.75) is 13.8 Å². The molecule has 0 aromatic heterocycles. The third kappa shape index (κ3) is 3.66. The lowest BCUT2D eigenvalue weighted by atomic mass is 10.1. The average molecular weight is 175 g/mol. The van der Waals surface area contributed by atoms with Crippen molar-refractivity contribution in [3.8, 4) is 18.6 Å². The number of ether oxygens (including phenoxy) is 1. The van der Waals surface area contributed by atoms with Crippen molar-refractivity contribution >= 4 is 0 Å². The fourth-order valence-corrected chi connectivity index (χ4v) is 0.952. The summed E-state index contributed by atoms with van der Waals surface area (Å²) in [5.74, 6) is 0.896. The van der Waals surface area contributed by atoms with Gasteiger partial charge < -0.3 is 4.74 Å². The molecule has 1 nitrogen and oxygen atoms in total. The van der Waals surface area contributed by atoms with E-state index in [-0.39, 0.29) is 0 Å². The first kappa shape index (κ1) is 11.6. The Morgan fingerprint density at radius 3 is 2.54 bits per heavy atom. The largest absolute Gasteiger partial charge is 0.494 e. The van der Waals surface area contributed by atoms with Gasteiger partial charge in [0.2, 0.25) is 0 Å². The third-order valence-corrected chi connectivity index (χ3v) is 1.52. The molecule has 0 heterocycles. The van der Waals surface area contributed by atoms with Crippen LogP contribution in [0, 0.1) is 26.7 Å². The standard InChI is InChI=1S/C10H13O.C2H2/c1-4-11-10-7-8(2)5-6-9(10)3;1-2/h5-7H,3-4H2,1-2H3;1-2H. The number of aryl methyl sites for hydroxylation is 1. The van der Waals surface area contributed by atoms with Crippen LogP contribution in [0.2, 0.25) is 0 Å². The van der Waals surface area contributed by atoms with E-state index in [9.17, 15) is 0 Å². The van der Waals surface area contributed by atoms with Crippen molar-refractivity contribution in [2.75, 3.05) is 6.61 Å². The van der Waals surface area contributed by atoms with E-state index in [1.54, 1.807) is 0 Å². The first-order valence-corrected chi connectivity index (χ1v) is 4.12. The highest BCUT2D eigenvalue weighted by Crippen LogP contribution is 2.18. The highest BCUT2D eigenvalue weighted by Gasteiger charge is 1.96. The van der Waals surface area contributed by atoms with Gasteiger partial charge in [-0.3, -0.25) is 0 Å². The Balaban J connectivity index is 0.000000671. The summed E-state index contributed by atoms with van der Waals surface area (Å²) in [5.41, 5.74) is 2.17. The van der Waals surface area contributed by atoms with Gasteiger partial charge in [0.25, 0.3) is 0 Å². The minimum Gasteiger partial charge on any atom is -0.494 e. The van der Waals surface area contributed by atoms with Crippen LogP contribution in [0.1, 0.15) is 18.1 Å². The molecule has 0 unspecified atom stereocenters. The second-order valence-corrected chi connectivity index (χ2v) is 2.54. The smallest absolute Gasteiger partial charge is 0.122 e. The quantitative estimate of drug-likeness (QED) is 0.628. The van der Waals surface area contributed by atoms with Gasteiger partial charge in [-0.15, -0.1) is 12.8 Å². The maximum Gasteiger partial charge on any atom is 0.122 e. The normalized spacial score (nSPS) is 8.38. The van der Waals surface area contributed by atoms with Crippen molar-refractivity contribution in [3.05, 3.63) is 36.2 Å². The zero-order valence-corrected chi connectivity index (χ0v) is 8.21. The Hall–Kier alpha value is -1.42. The van der Waals surface area contributed by atoms with Crippen LogP contribution in [-0.4, -0.2) is 6.61 Å². The molecule has 1 rings (SSSR count). The summed E-state index contributed by atoms with van der Waals surface area (Å²) >= 11 is 0. The van der Waals surface area contributed by atoms with E-state index in [0.29, 0.717) is 6.61 Å². The predicted molar refractivity (Wildman–Crippen MR) is 56.7 cm³/mol. The molecule has 0 bridgehead atoms. The molecular weight excluding hydrogens is 160 g/mol. The van der Waals surface area contributed by atoms with Crippen LogP contribution < -0.4 is 4.74 Å². The summed E-state index contributed by atoms with van der Waals surface area (Å²) in [7, 11) is 0. The topological polar surface area (TPSA) is 9.23 Å². The molecule has 1 aromatic rings. The van der Waals surface area contributed by atoms with E-state index in [2.05, 4.69) is 19.8 Å². The first-order valence-electron chi connectivity index (χ1n) is 4.12. The van der Waals surface area contributed by atoms with E-state index in [1.807, 2.05) is 32.0 Å². The molecule has 0 saturated carbocycles. The maximum absolute atomic E-state index is 5.35. The molecule has 0 aliphatic carbocycles. The SMILES string of the molecule is C#C.[CH2]c1ccc(C)cc1OCC. The number of rotatable bonds is 2. The van der Waals surface area contributed by atoms with Crippen molar-refractivity contribution < 1.29 is 4.74 Å². The highest BCUT2D eigenvalue weighted by atomic mass is 16.5. The van der Waals surface area contributed by atoms with Crippen LogP contribution in [0.15, 0.2) is 18.2 Å². The maximum atomic E-state index is 5.35. The van der Waals surface area contributed by atoms with Crippen LogP contribution in [0.5, 0.6) is 5.75 Å². The molecule has 0 atom stereocenters. The van der Waals surface area contributed by atoms with Gasteiger partial charge in [-0.05, 0) is 38.0 Å². The van der Waals surface area contributed by atoms with Gasteiger partial charge >= 0.3 is 0 Å². The molecular formula is C12H15O. The van der Waals surface area contributed by atoms with Gasteiger partial charge in [-0.1, -0.05) is 12.1 Å². The molecule has 0 fully saturated rings. The zero-order valence-electron chi connectivity index (χ0n) is 8.21. The fraction of sp³-hybridized carbons (Fsp3) is 0.250. The number of hydrogen-bond acceptors (Lipinski definition) is 1. The Bertz CT molecular complexity index is 274. The lowest BCUT2D eigenvalue weighted by Gasteiger charge is -2.06. The van der Waals surface area contributed by atoms with E-state index in [0.717, 1.165) is 11.3 Å². The minimum absolute atomic E-state index is 0.700. The second-order valence-electron chi connectivity index (χ2n) is 2.54. The summed E-state index contributed by atoms with van der Waals surface area (Å²) in [6, 6.07) is 6.01. The predicted octanol–water partition coefficient (Wildman–Crippen LogP) is 2.83. The molecule has 0 aliphatic rings. The molecule has 0 saturated heterocycles.